The number of carbonyl (C=O) groups is 1. The van der Waals surface area contributed by atoms with E-state index in [9.17, 15) is 4.79 Å². The number of rotatable bonds is 6. The summed E-state index contributed by atoms with van der Waals surface area (Å²) in [4.78, 5) is 11.3. The molecule has 0 atom stereocenters. The normalized spacial score (nSPS) is 10.3. The molecular formula is C14H20O. The number of hydrogen-bond donors (Lipinski definition) is 0. The highest BCUT2D eigenvalue weighted by atomic mass is 16.1. The lowest BCUT2D eigenvalue weighted by Gasteiger charge is -2.02. The molecule has 1 heteroatoms. The molecule has 0 fully saturated rings. The third kappa shape index (κ3) is 4.78. The van der Waals surface area contributed by atoms with Gasteiger partial charge < -0.3 is 0 Å². The van der Waals surface area contributed by atoms with Crippen molar-refractivity contribution in [2.24, 2.45) is 0 Å². The Hall–Kier alpha value is -1.11. The average Bonchev–Trinajstić information content (AvgIpc) is 2.18. The lowest BCUT2D eigenvalue weighted by Crippen LogP contribution is -1.97. The second kappa shape index (κ2) is 6.39. The van der Waals surface area contributed by atoms with E-state index in [0.717, 1.165) is 32.1 Å². The first-order valence-corrected chi connectivity index (χ1v) is 5.79. The van der Waals surface area contributed by atoms with Crippen LogP contribution in [0.2, 0.25) is 0 Å². The summed E-state index contributed by atoms with van der Waals surface area (Å²) >= 11 is 0. The van der Waals surface area contributed by atoms with Crippen LogP contribution in [0.5, 0.6) is 0 Å². The largest absolute Gasteiger partial charge is 0.300 e. The second-order valence-corrected chi connectivity index (χ2v) is 4.13. The van der Waals surface area contributed by atoms with Crippen LogP contribution >= 0.6 is 0 Å². The fourth-order valence-corrected chi connectivity index (χ4v) is 1.76. The Labute approximate surface area is 92.5 Å². The molecule has 0 aliphatic rings. The molecule has 0 aromatic heterocycles. The Kier molecular flexibility index (Phi) is 5.09. The molecule has 0 aliphatic carbocycles. The number of Topliss-reactive ketones (excluding diaryl/α,β-unsaturated/α-hetero) is 1. The fourth-order valence-electron chi connectivity index (χ4n) is 1.76. The molecule has 15 heavy (non-hydrogen) atoms. The van der Waals surface area contributed by atoms with Crippen LogP contribution in [0.25, 0.3) is 0 Å². The van der Waals surface area contributed by atoms with Crippen LogP contribution in [0.3, 0.4) is 0 Å². The Balaban J connectivity index is 2.28. The van der Waals surface area contributed by atoms with Crippen molar-refractivity contribution in [2.75, 3.05) is 0 Å². The van der Waals surface area contributed by atoms with Gasteiger partial charge in [-0.2, -0.15) is 0 Å². The summed E-state index contributed by atoms with van der Waals surface area (Å²) in [7, 11) is 0. The van der Waals surface area contributed by atoms with Crippen LogP contribution in [0.15, 0.2) is 24.3 Å². The molecule has 0 saturated carbocycles. The van der Waals surface area contributed by atoms with Crippen molar-refractivity contribution < 1.29 is 4.79 Å². The predicted octanol–water partition coefficient (Wildman–Crippen LogP) is 3.69. The molecule has 0 heterocycles. The van der Waals surface area contributed by atoms with Crippen molar-refractivity contribution >= 4 is 5.78 Å². The van der Waals surface area contributed by atoms with E-state index in [-0.39, 0.29) is 0 Å². The van der Waals surface area contributed by atoms with E-state index in [4.69, 9.17) is 0 Å². The van der Waals surface area contributed by atoms with Gasteiger partial charge in [0.2, 0.25) is 0 Å². The molecule has 82 valence electrons. The summed E-state index contributed by atoms with van der Waals surface area (Å²) in [5.74, 6) is 0.408. The van der Waals surface area contributed by atoms with Crippen molar-refractivity contribution in [1.29, 1.82) is 0 Å². The Morgan fingerprint density at radius 2 is 2.07 bits per heavy atom. The molecule has 1 rings (SSSR count). The maximum Gasteiger partial charge on any atom is 0.132 e. The molecular weight excluding hydrogens is 184 g/mol. The summed E-state index contributed by atoms with van der Waals surface area (Å²) in [6.45, 7) is 4.16. The summed E-state index contributed by atoms with van der Waals surface area (Å²) < 4.78 is 0. The van der Waals surface area contributed by atoms with Gasteiger partial charge in [0.15, 0.2) is 0 Å². The van der Waals surface area contributed by atoms with E-state index >= 15 is 0 Å². The molecule has 1 aromatic rings. The molecule has 0 N–H and O–H groups in total. The SMILES string of the molecule is CCCC(=O)CCCc1cccc(C)c1. The summed E-state index contributed by atoms with van der Waals surface area (Å²) in [6, 6.07) is 8.52. The number of benzene rings is 1. The first-order chi connectivity index (χ1) is 7.22. The van der Waals surface area contributed by atoms with Crippen LogP contribution in [-0.2, 0) is 11.2 Å². The van der Waals surface area contributed by atoms with Crippen LogP contribution in [0.4, 0.5) is 0 Å². The zero-order chi connectivity index (χ0) is 11.1. The van der Waals surface area contributed by atoms with E-state index in [1.165, 1.54) is 11.1 Å². The molecule has 0 bridgehead atoms. The predicted molar refractivity (Wildman–Crippen MR) is 64.0 cm³/mol. The van der Waals surface area contributed by atoms with Gasteiger partial charge in [0.05, 0.1) is 0 Å². The van der Waals surface area contributed by atoms with Gasteiger partial charge in [-0.25, -0.2) is 0 Å². The standard InChI is InChI=1S/C14H20O/c1-3-6-14(15)10-5-9-13-8-4-7-12(2)11-13/h4,7-8,11H,3,5-6,9-10H2,1-2H3. The quantitative estimate of drug-likeness (QED) is 0.690. The second-order valence-electron chi connectivity index (χ2n) is 4.13. The lowest BCUT2D eigenvalue weighted by molar-refractivity contribution is -0.119. The zero-order valence-corrected chi connectivity index (χ0v) is 9.75. The van der Waals surface area contributed by atoms with Gasteiger partial charge in [-0.1, -0.05) is 36.8 Å². The van der Waals surface area contributed by atoms with Crippen molar-refractivity contribution in [3.63, 3.8) is 0 Å². The van der Waals surface area contributed by atoms with Gasteiger partial charge >= 0.3 is 0 Å². The first kappa shape index (κ1) is 12.0. The first-order valence-electron chi connectivity index (χ1n) is 5.79. The molecule has 0 radical (unpaired) electrons. The van der Waals surface area contributed by atoms with E-state index in [1.807, 2.05) is 0 Å². The Bertz CT molecular complexity index is 315. The average molecular weight is 204 g/mol. The summed E-state index contributed by atoms with van der Waals surface area (Å²) in [5.41, 5.74) is 2.65. The minimum absolute atomic E-state index is 0.408. The van der Waals surface area contributed by atoms with Crippen LogP contribution in [0, 0.1) is 6.92 Å². The zero-order valence-electron chi connectivity index (χ0n) is 9.75. The van der Waals surface area contributed by atoms with Gasteiger partial charge in [0.1, 0.15) is 5.78 Å². The van der Waals surface area contributed by atoms with Gasteiger partial charge in [-0.3, -0.25) is 4.79 Å². The molecule has 0 aliphatic heterocycles. The fraction of sp³-hybridized carbons (Fsp3) is 0.500. The van der Waals surface area contributed by atoms with E-state index in [0.29, 0.717) is 5.78 Å². The molecule has 1 aromatic carbocycles. The maximum atomic E-state index is 11.3. The smallest absolute Gasteiger partial charge is 0.132 e. The van der Waals surface area contributed by atoms with Crippen LogP contribution in [-0.4, -0.2) is 5.78 Å². The van der Waals surface area contributed by atoms with Crippen molar-refractivity contribution in [1.82, 2.24) is 0 Å². The number of carbonyl (C=O) groups excluding carboxylic acids is 1. The third-order valence-corrected chi connectivity index (χ3v) is 2.53. The Morgan fingerprint density at radius 1 is 1.27 bits per heavy atom. The Morgan fingerprint density at radius 3 is 2.73 bits per heavy atom. The number of hydrogen-bond acceptors (Lipinski definition) is 1. The molecule has 0 spiro atoms. The minimum Gasteiger partial charge on any atom is -0.300 e. The topological polar surface area (TPSA) is 17.1 Å². The van der Waals surface area contributed by atoms with Crippen molar-refractivity contribution in [3.05, 3.63) is 35.4 Å². The summed E-state index contributed by atoms with van der Waals surface area (Å²) in [5, 5.41) is 0. The lowest BCUT2D eigenvalue weighted by atomic mass is 10.0. The van der Waals surface area contributed by atoms with Gasteiger partial charge in [0, 0.05) is 12.8 Å². The monoisotopic (exact) mass is 204 g/mol. The highest BCUT2D eigenvalue weighted by Gasteiger charge is 2.00. The van der Waals surface area contributed by atoms with Gasteiger partial charge in [0.25, 0.3) is 0 Å². The maximum absolute atomic E-state index is 11.3. The van der Waals surface area contributed by atoms with Gasteiger partial charge in [-0.05, 0) is 31.7 Å². The minimum atomic E-state index is 0.408. The number of ketones is 1. The van der Waals surface area contributed by atoms with Crippen molar-refractivity contribution in [2.45, 2.75) is 46.0 Å². The highest BCUT2D eigenvalue weighted by molar-refractivity contribution is 5.78. The van der Waals surface area contributed by atoms with E-state index in [2.05, 4.69) is 38.1 Å². The highest BCUT2D eigenvalue weighted by Crippen LogP contribution is 2.08. The molecule has 0 unspecified atom stereocenters. The van der Waals surface area contributed by atoms with E-state index < -0.39 is 0 Å². The summed E-state index contributed by atoms with van der Waals surface area (Å²) in [6.07, 6.45) is 4.47. The molecule has 0 amide bonds. The van der Waals surface area contributed by atoms with Crippen LogP contribution in [0.1, 0.15) is 43.7 Å². The van der Waals surface area contributed by atoms with Gasteiger partial charge in [-0.15, -0.1) is 0 Å². The molecule has 1 nitrogen and oxygen atoms in total. The third-order valence-electron chi connectivity index (χ3n) is 2.53. The number of aryl methyl sites for hydroxylation is 2. The van der Waals surface area contributed by atoms with E-state index in [1.54, 1.807) is 0 Å². The van der Waals surface area contributed by atoms with Crippen LogP contribution < -0.4 is 0 Å². The molecule has 0 saturated heterocycles. The van der Waals surface area contributed by atoms with Crippen molar-refractivity contribution in [3.8, 4) is 0 Å².